The summed E-state index contributed by atoms with van der Waals surface area (Å²) in [7, 11) is 0. The SMILES string of the molecule is O=C1NC(=S)S/C1=C/c1ccc(-c2ccccn2)o1. The molecule has 0 atom stereocenters. The number of furan rings is 1. The highest BCUT2D eigenvalue weighted by atomic mass is 32.2. The molecule has 0 bridgehead atoms. The van der Waals surface area contributed by atoms with Gasteiger partial charge in [0.1, 0.15) is 15.8 Å². The van der Waals surface area contributed by atoms with E-state index in [2.05, 4.69) is 10.3 Å². The van der Waals surface area contributed by atoms with Gasteiger partial charge in [-0.2, -0.15) is 0 Å². The van der Waals surface area contributed by atoms with Gasteiger partial charge in [0.15, 0.2) is 5.76 Å². The van der Waals surface area contributed by atoms with E-state index in [4.69, 9.17) is 16.6 Å². The lowest BCUT2D eigenvalue weighted by atomic mass is 10.3. The molecule has 2 aromatic heterocycles. The Morgan fingerprint density at radius 1 is 1.32 bits per heavy atom. The van der Waals surface area contributed by atoms with Crippen LogP contribution in [-0.4, -0.2) is 15.2 Å². The highest BCUT2D eigenvalue weighted by molar-refractivity contribution is 8.26. The normalized spacial score (nSPS) is 16.9. The summed E-state index contributed by atoms with van der Waals surface area (Å²) in [6.07, 6.45) is 3.38. The van der Waals surface area contributed by atoms with Crippen LogP contribution in [-0.2, 0) is 4.79 Å². The van der Waals surface area contributed by atoms with Crippen molar-refractivity contribution in [1.82, 2.24) is 10.3 Å². The van der Waals surface area contributed by atoms with Gasteiger partial charge in [-0.05, 0) is 24.3 Å². The average molecular weight is 288 g/mol. The van der Waals surface area contributed by atoms with Crippen molar-refractivity contribution in [2.45, 2.75) is 0 Å². The third-order valence-electron chi connectivity index (χ3n) is 2.46. The molecule has 94 valence electrons. The van der Waals surface area contributed by atoms with E-state index in [0.717, 1.165) is 5.69 Å². The van der Waals surface area contributed by atoms with Gasteiger partial charge in [0.2, 0.25) is 0 Å². The van der Waals surface area contributed by atoms with E-state index in [-0.39, 0.29) is 5.91 Å². The Bertz CT molecular complexity index is 677. The van der Waals surface area contributed by atoms with Crippen molar-refractivity contribution in [2.75, 3.05) is 0 Å². The van der Waals surface area contributed by atoms with E-state index in [0.29, 0.717) is 20.7 Å². The molecule has 0 aromatic carbocycles. The van der Waals surface area contributed by atoms with Gasteiger partial charge in [-0.3, -0.25) is 9.78 Å². The first-order chi connectivity index (χ1) is 9.22. The molecule has 0 unspecified atom stereocenters. The summed E-state index contributed by atoms with van der Waals surface area (Å²) in [5.74, 6) is 1.08. The molecule has 0 saturated carbocycles. The first kappa shape index (κ1) is 12.1. The standard InChI is InChI=1S/C13H8N2O2S2/c16-12-11(19-13(18)15-12)7-8-4-5-10(17-8)9-3-1-2-6-14-9/h1-7H,(H,15,16,18)/b11-7+. The second kappa shape index (κ2) is 4.99. The van der Waals surface area contributed by atoms with Crippen LogP contribution < -0.4 is 5.32 Å². The van der Waals surface area contributed by atoms with E-state index >= 15 is 0 Å². The van der Waals surface area contributed by atoms with Crippen LogP contribution in [0, 0.1) is 0 Å². The van der Waals surface area contributed by atoms with Crippen LogP contribution in [0.15, 0.2) is 45.9 Å². The number of pyridine rings is 1. The quantitative estimate of drug-likeness (QED) is 0.680. The van der Waals surface area contributed by atoms with E-state index in [9.17, 15) is 4.79 Å². The van der Waals surface area contributed by atoms with Gasteiger partial charge in [0.05, 0.1) is 4.91 Å². The molecule has 1 aliphatic heterocycles. The lowest BCUT2D eigenvalue weighted by molar-refractivity contribution is -0.115. The van der Waals surface area contributed by atoms with Crippen LogP contribution >= 0.6 is 24.0 Å². The first-order valence-electron chi connectivity index (χ1n) is 5.48. The Balaban J connectivity index is 1.89. The van der Waals surface area contributed by atoms with Gasteiger partial charge < -0.3 is 9.73 Å². The number of thioether (sulfide) groups is 1. The summed E-state index contributed by atoms with van der Waals surface area (Å²) in [6.45, 7) is 0. The highest BCUT2D eigenvalue weighted by Gasteiger charge is 2.22. The predicted molar refractivity (Wildman–Crippen MR) is 78.2 cm³/mol. The van der Waals surface area contributed by atoms with Crippen LogP contribution in [0.4, 0.5) is 0 Å². The van der Waals surface area contributed by atoms with Crippen molar-refractivity contribution in [3.8, 4) is 11.5 Å². The van der Waals surface area contributed by atoms with Gasteiger partial charge in [-0.1, -0.05) is 30.0 Å². The van der Waals surface area contributed by atoms with Gasteiger partial charge >= 0.3 is 0 Å². The van der Waals surface area contributed by atoms with Crippen molar-refractivity contribution < 1.29 is 9.21 Å². The summed E-state index contributed by atoms with van der Waals surface area (Å²) in [5.41, 5.74) is 0.756. The van der Waals surface area contributed by atoms with Crippen LogP contribution in [0.3, 0.4) is 0 Å². The van der Waals surface area contributed by atoms with Gasteiger partial charge in [0, 0.05) is 12.3 Å². The first-order valence-corrected chi connectivity index (χ1v) is 6.71. The summed E-state index contributed by atoms with van der Waals surface area (Å²) >= 11 is 6.15. The Labute approximate surface area is 118 Å². The molecule has 1 fully saturated rings. The zero-order chi connectivity index (χ0) is 13.2. The molecule has 3 rings (SSSR count). The molecule has 0 radical (unpaired) electrons. The molecule has 1 N–H and O–H groups in total. The van der Waals surface area contributed by atoms with Crippen molar-refractivity contribution >= 4 is 40.3 Å². The number of rotatable bonds is 2. The van der Waals surface area contributed by atoms with Crippen LogP contribution in [0.2, 0.25) is 0 Å². The van der Waals surface area contributed by atoms with Crippen LogP contribution in [0.5, 0.6) is 0 Å². The van der Waals surface area contributed by atoms with Crippen molar-refractivity contribution in [3.05, 3.63) is 47.2 Å². The molecule has 2 aromatic rings. The lowest BCUT2D eigenvalue weighted by Crippen LogP contribution is -2.17. The van der Waals surface area contributed by atoms with E-state index in [1.54, 1.807) is 18.3 Å². The summed E-state index contributed by atoms with van der Waals surface area (Å²) < 4.78 is 6.11. The number of thiocarbonyl (C=S) groups is 1. The Morgan fingerprint density at radius 3 is 2.89 bits per heavy atom. The molecule has 0 aliphatic carbocycles. The largest absolute Gasteiger partial charge is 0.455 e. The fourth-order valence-corrected chi connectivity index (χ4v) is 2.65. The minimum atomic E-state index is -0.189. The maximum absolute atomic E-state index is 11.5. The Morgan fingerprint density at radius 2 is 2.21 bits per heavy atom. The topological polar surface area (TPSA) is 55.1 Å². The fraction of sp³-hybridized carbons (Fsp3) is 0. The molecule has 19 heavy (non-hydrogen) atoms. The number of hydrogen-bond acceptors (Lipinski definition) is 5. The molecule has 0 spiro atoms. The number of nitrogens with one attached hydrogen (secondary N) is 1. The maximum atomic E-state index is 11.5. The number of aromatic nitrogens is 1. The highest BCUT2D eigenvalue weighted by Crippen LogP contribution is 2.28. The van der Waals surface area contributed by atoms with E-state index in [1.807, 2.05) is 24.3 Å². The second-order valence-electron chi connectivity index (χ2n) is 3.77. The smallest absolute Gasteiger partial charge is 0.263 e. The molecule has 3 heterocycles. The minimum absolute atomic E-state index is 0.189. The summed E-state index contributed by atoms with van der Waals surface area (Å²) in [6, 6.07) is 9.22. The summed E-state index contributed by atoms with van der Waals surface area (Å²) in [4.78, 5) is 16.3. The van der Waals surface area contributed by atoms with E-state index in [1.165, 1.54) is 11.8 Å². The molecule has 4 nitrogen and oxygen atoms in total. The Hall–Kier alpha value is -1.92. The third-order valence-corrected chi connectivity index (χ3v) is 3.62. The molecule has 1 amide bonds. The fourth-order valence-electron chi connectivity index (χ4n) is 1.63. The molecule has 1 saturated heterocycles. The number of amides is 1. The summed E-state index contributed by atoms with van der Waals surface area (Å²) in [5, 5.41) is 2.56. The Kier molecular flexibility index (Phi) is 3.18. The average Bonchev–Trinajstić information content (AvgIpc) is 2.99. The van der Waals surface area contributed by atoms with Crippen LogP contribution in [0.25, 0.3) is 17.5 Å². The van der Waals surface area contributed by atoms with Crippen molar-refractivity contribution in [3.63, 3.8) is 0 Å². The predicted octanol–water partition coefficient (Wildman–Crippen LogP) is 2.83. The zero-order valence-electron chi connectivity index (χ0n) is 9.62. The van der Waals surface area contributed by atoms with Crippen LogP contribution in [0.1, 0.15) is 5.76 Å². The van der Waals surface area contributed by atoms with Crippen molar-refractivity contribution in [2.24, 2.45) is 0 Å². The number of nitrogens with zero attached hydrogens (tertiary/aromatic N) is 1. The molecule has 6 heteroatoms. The molecular formula is C13H8N2O2S2. The minimum Gasteiger partial charge on any atom is -0.455 e. The molecular weight excluding hydrogens is 280 g/mol. The molecule has 1 aliphatic rings. The number of carbonyl (C=O) groups is 1. The zero-order valence-corrected chi connectivity index (χ0v) is 11.3. The lowest BCUT2D eigenvalue weighted by Gasteiger charge is -1.94. The monoisotopic (exact) mass is 288 g/mol. The maximum Gasteiger partial charge on any atom is 0.263 e. The van der Waals surface area contributed by atoms with Gasteiger partial charge in [0.25, 0.3) is 5.91 Å². The third kappa shape index (κ3) is 2.59. The van der Waals surface area contributed by atoms with E-state index < -0.39 is 0 Å². The van der Waals surface area contributed by atoms with Gasteiger partial charge in [-0.15, -0.1) is 0 Å². The van der Waals surface area contributed by atoms with Crippen molar-refractivity contribution in [1.29, 1.82) is 0 Å². The number of carbonyl (C=O) groups excluding carboxylic acids is 1. The second-order valence-corrected chi connectivity index (χ2v) is 5.49. The number of hydrogen-bond donors (Lipinski definition) is 1. The van der Waals surface area contributed by atoms with Gasteiger partial charge in [-0.25, -0.2) is 0 Å².